The quantitative estimate of drug-likeness (QED) is 0.182. The zero-order valence-electron chi connectivity index (χ0n) is 11.4. The van der Waals surface area contributed by atoms with Crippen molar-refractivity contribution < 1.29 is 4.74 Å². The number of nitrogens with two attached hydrogens (primary N) is 1. The summed E-state index contributed by atoms with van der Waals surface area (Å²) in [5, 5.41) is 14.1. The molecule has 0 aliphatic rings. The van der Waals surface area contributed by atoms with Crippen LogP contribution in [0.4, 0.5) is 0 Å². The second-order valence-corrected chi connectivity index (χ2v) is 4.33. The summed E-state index contributed by atoms with van der Waals surface area (Å²) in [4.78, 5) is 4.29. The summed E-state index contributed by atoms with van der Waals surface area (Å²) in [6.07, 6.45) is 4.03. The fourth-order valence-corrected chi connectivity index (χ4v) is 1.31. The van der Waals surface area contributed by atoms with Gasteiger partial charge >= 0.3 is 0 Å². The maximum atomic E-state index is 8.59. The van der Waals surface area contributed by atoms with Gasteiger partial charge in [0.2, 0.25) is 5.96 Å². The summed E-state index contributed by atoms with van der Waals surface area (Å²) in [5.41, 5.74) is 5.30. The first-order valence-corrected chi connectivity index (χ1v) is 6.42. The van der Waals surface area contributed by atoms with E-state index in [4.69, 9.17) is 15.7 Å². The third-order valence-corrected chi connectivity index (χ3v) is 2.18. The molecule has 0 heterocycles. The molecule has 18 heavy (non-hydrogen) atoms. The van der Waals surface area contributed by atoms with E-state index in [1.54, 1.807) is 0 Å². The SMILES string of the molecule is CC(C)CCCN=C(NC#N)NCCOCCN. The Hall–Kier alpha value is -1.32. The van der Waals surface area contributed by atoms with Crippen LogP contribution >= 0.6 is 0 Å². The lowest BCUT2D eigenvalue weighted by molar-refractivity contribution is 0.146. The molecule has 0 unspecified atom stereocenters. The van der Waals surface area contributed by atoms with E-state index >= 15 is 0 Å². The van der Waals surface area contributed by atoms with Crippen molar-refractivity contribution in [1.82, 2.24) is 10.6 Å². The van der Waals surface area contributed by atoms with Gasteiger partial charge in [-0.2, -0.15) is 5.26 Å². The Kier molecular flexibility index (Phi) is 11.3. The Morgan fingerprint density at radius 2 is 2.22 bits per heavy atom. The second kappa shape index (κ2) is 12.1. The van der Waals surface area contributed by atoms with Crippen molar-refractivity contribution in [3.05, 3.63) is 0 Å². The molecule has 0 atom stereocenters. The summed E-state index contributed by atoms with van der Waals surface area (Å²) >= 11 is 0. The van der Waals surface area contributed by atoms with Gasteiger partial charge in [-0.15, -0.1) is 0 Å². The molecule has 104 valence electrons. The highest BCUT2D eigenvalue weighted by atomic mass is 16.5. The molecule has 6 nitrogen and oxygen atoms in total. The summed E-state index contributed by atoms with van der Waals surface area (Å²) in [6.45, 7) is 7.32. The lowest BCUT2D eigenvalue weighted by atomic mass is 10.1. The zero-order chi connectivity index (χ0) is 13.6. The molecule has 6 heteroatoms. The summed E-state index contributed by atoms with van der Waals surface area (Å²) in [6, 6.07) is 0. The first-order chi connectivity index (χ1) is 8.70. The number of ether oxygens (including phenoxy) is 1. The van der Waals surface area contributed by atoms with Crippen LogP contribution in [-0.2, 0) is 4.74 Å². The third-order valence-electron chi connectivity index (χ3n) is 2.18. The Morgan fingerprint density at radius 3 is 2.83 bits per heavy atom. The van der Waals surface area contributed by atoms with Crippen LogP contribution in [0.2, 0.25) is 0 Å². The molecule has 0 aliphatic heterocycles. The van der Waals surface area contributed by atoms with Crippen molar-refractivity contribution in [3.8, 4) is 6.19 Å². The summed E-state index contributed by atoms with van der Waals surface area (Å²) < 4.78 is 5.22. The molecular weight excluding hydrogens is 230 g/mol. The fraction of sp³-hybridized carbons (Fsp3) is 0.833. The van der Waals surface area contributed by atoms with Crippen molar-refractivity contribution in [2.75, 3.05) is 32.8 Å². The number of hydrogen-bond acceptors (Lipinski definition) is 4. The van der Waals surface area contributed by atoms with E-state index < -0.39 is 0 Å². The summed E-state index contributed by atoms with van der Waals surface area (Å²) in [5.74, 6) is 1.20. The molecule has 0 rings (SSSR count). The maximum Gasteiger partial charge on any atom is 0.204 e. The molecule has 0 aromatic rings. The predicted octanol–water partition coefficient (Wildman–Crippen LogP) is 0.414. The fourth-order valence-electron chi connectivity index (χ4n) is 1.31. The normalized spacial score (nSPS) is 11.4. The molecule has 0 saturated heterocycles. The van der Waals surface area contributed by atoms with Crippen molar-refractivity contribution >= 4 is 5.96 Å². The van der Waals surface area contributed by atoms with Gasteiger partial charge in [-0.1, -0.05) is 13.8 Å². The molecule has 0 fully saturated rings. The van der Waals surface area contributed by atoms with E-state index in [9.17, 15) is 0 Å². The first kappa shape index (κ1) is 16.7. The predicted molar refractivity (Wildman–Crippen MR) is 73.0 cm³/mol. The first-order valence-electron chi connectivity index (χ1n) is 6.42. The van der Waals surface area contributed by atoms with E-state index in [0.29, 0.717) is 38.2 Å². The highest BCUT2D eigenvalue weighted by Crippen LogP contribution is 2.02. The smallest absolute Gasteiger partial charge is 0.204 e. The number of rotatable bonds is 9. The topological polar surface area (TPSA) is 95.5 Å². The molecule has 0 amide bonds. The van der Waals surface area contributed by atoms with Crippen molar-refractivity contribution in [2.45, 2.75) is 26.7 Å². The average molecular weight is 255 g/mol. The Labute approximate surface area is 110 Å². The van der Waals surface area contributed by atoms with E-state index in [-0.39, 0.29) is 0 Å². The lowest BCUT2D eigenvalue weighted by Gasteiger charge is -2.08. The van der Waals surface area contributed by atoms with Crippen LogP contribution in [-0.4, -0.2) is 38.8 Å². The minimum absolute atomic E-state index is 0.512. The van der Waals surface area contributed by atoms with Gasteiger partial charge in [-0.3, -0.25) is 10.3 Å². The van der Waals surface area contributed by atoms with Gasteiger partial charge in [0.1, 0.15) is 0 Å². The number of nitrogens with zero attached hydrogens (tertiary/aromatic N) is 2. The molecule has 0 saturated carbocycles. The van der Waals surface area contributed by atoms with Crippen molar-refractivity contribution in [2.24, 2.45) is 16.6 Å². The van der Waals surface area contributed by atoms with E-state index in [1.165, 1.54) is 0 Å². The van der Waals surface area contributed by atoms with E-state index in [1.807, 2.05) is 6.19 Å². The van der Waals surface area contributed by atoms with Gasteiger partial charge in [0, 0.05) is 19.6 Å². The highest BCUT2D eigenvalue weighted by molar-refractivity contribution is 5.81. The highest BCUT2D eigenvalue weighted by Gasteiger charge is 1.97. The van der Waals surface area contributed by atoms with Crippen LogP contribution in [0.1, 0.15) is 26.7 Å². The van der Waals surface area contributed by atoms with Gasteiger partial charge in [0.05, 0.1) is 13.2 Å². The largest absolute Gasteiger partial charge is 0.378 e. The Balaban J connectivity index is 3.76. The number of guanidine groups is 1. The molecule has 0 radical (unpaired) electrons. The van der Waals surface area contributed by atoms with Crippen LogP contribution in [0.5, 0.6) is 0 Å². The minimum atomic E-state index is 0.512. The molecular formula is C12H25N5O. The lowest BCUT2D eigenvalue weighted by Crippen LogP contribution is -2.37. The molecule has 4 N–H and O–H groups in total. The molecule has 0 aromatic carbocycles. The van der Waals surface area contributed by atoms with Gasteiger partial charge in [-0.05, 0) is 18.8 Å². The van der Waals surface area contributed by atoms with Crippen molar-refractivity contribution in [1.29, 1.82) is 5.26 Å². The Morgan fingerprint density at radius 1 is 1.44 bits per heavy atom. The number of aliphatic imine (C=N–C) groups is 1. The summed E-state index contributed by atoms with van der Waals surface area (Å²) in [7, 11) is 0. The third kappa shape index (κ3) is 11.2. The number of hydrogen-bond donors (Lipinski definition) is 3. The Bertz CT molecular complexity index is 260. The van der Waals surface area contributed by atoms with Gasteiger partial charge < -0.3 is 15.8 Å². The van der Waals surface area contributed by atoms with Crippen LogP contribution in [0.25, 0.3) is 0 Å². The minimum Gasteiger partial charge on any atom is -0.378 e. The average Bonchev–Trinajstić information content (AvgIpc) is 2.33. The van der Waals surface area contributed by atoms with Crippen LogP contribution in [0, 0.1) is 17.4 Å². The molecule has 0 aliphatic carbocycles. The van der Waals surface area contributed by atoms with Gasteiger partial charge in [0.15, 0.2) is 6.19 Å². The maximum absolute atomic E-state index is 8.59. The zero-order valence-corrected chi connectivity index (χ0v) is 11.4. The standard InChI is InChI=1S/C12H25N5O/c1-11(2)4-3-6-15-12(17-10-14)16-7-9-18-8-5-13/h11H,3-9,13H2,1-2H3,(H2,15,16,17). The van der Waals surface area contributed by atoms with Crippen LogP contribution in [0.15, 0.2) is 4.99 Å². The number of nitriles is 1. The van der Waals surface area contributed by atoms with E-state index in [0.717, 1.165) is 19.4 Å². The molecule has 0 bridgehead atoms. The second-order valence-electron chi connectivity index (χ2n) is 4.33. The monoisotopic (exact) mass is 255 g/mol. The molecule has 0 spiro atoms. The van der Waals surface area contributed by atoms with Gasteiger partial charge in [0.25, 0.3) is 0 Å². The van der Waals surface area contributed by atoms with Crippen LogP contribution in [0.3, 0.4) is 0 Å². The van der Waals surface area contributed by atoms with E-state index in [2.05, 4.69) is 29.5 Å². The van der Waals surface area contributed by atoms with Crippen LogP contribution < -0.4 is 16.4 Å². The van der Waals surface area contributed by atoms with Crippen molar-refractivity contribution in [3.63, 3.8) is 0 Å². The molecule has 0 aromatic heterocycles. The van der Waals surface area contributed by atoms with Gasteiger partial charge in [-0.25, -0.2) is 0 Å². The number of nitrogens with one attached hydrogen (secondary N) is 2.